The van der Waals surface area contributed by atoms with Crippen LogP contribution in [-0.2, 0) is 14.3 Å². The van der Waals surface area contributed by atoms with Gasteiger partial charge in [0.1, 0.15) is 0 Å². The Labute approximate surface area is 142 Å². The summed E-state index contributed by atoms with van der Waals surface area (Å²) in [5.41, 5.74) is 2.77. The summed E-state index contributed by atoms with van der Waals surface area (Å²) in [6, 6.07) is 17.4. The molecule has 0 saturated heterocycles. The van der Waals surface area contributed by atoms with Gasteiger partial charge in [0.25, 0.3) is 16.0 Å². The van der Waals surface area contributed by atoms with Crippen LogP contribution in [0.25, 0.3) is 11.1 Å². The maximum Gasteiger partial charge on any atom is 0.264 e. The van der Waals surface area contributed by atoms with Crippen molar-refractivity contribution in [1.29, 1.82) is 0 Å². The van der Waals surface area contributed by atoms with Crippen molar-refractivity contribution < 1.29 is 17.4 Å². The van der Waals surface area contributed by atoms with E-state index < -0.39 is 10.1 Å². The first-order chi connectivity index (χ1) is 11.5. The molecule has 0 spiro atoms. The lowest BCUT2D eigenvalue weighted by Crippen LogP contribution is -2.24. The highest BCUT2D eigenvalue weighted by atomic mass is 32.2. The summed E-state index contributed by atoms with van der Waals surface area (Å²) in [6.07, 6.45) is 2.25. The number of benzene rings is 2. The van der Waals surface area contributed by atoms with Gasteiger partial charge in [0.2, 0.25) is 0 Å². The Morgan fingerprint density at radius 1 is 0.958 bits per heavy atom. The summed E-state index contributed by atoms with van der Waals surface area (Å²) in [7, 11) is -3.39. The molecule has 0 atom stereocenters. The number of hydrogen-bond donors (Lipinski definition) is 1. The zero-order valence-corrected chi connectivity index (χ0v) is 14.4. The Morgan fingerprint density at radius 2 is 1.58 bits per heavy atom. The van der Waals surface area contributed by atoms with Gasteiger partial charge in [-0.2, -0.15) is 8.42 Å². The maximum absolute atomic E-state index is 12.0. The van der Waals surface area contributed by atoms with Crippen LogP contribution in [0, 0.1) is 0 Å². The van der Waals surface area contributed by atoms with E-state index in [0.29, 0.717) is 24.9 Å². The largest absolute Gasteiger partial charge is 0.352 e. The number of carbonyl (C=O) groups is 1. The minimum atomic E-state index is -3.39. The predicted molar refractivity (Wildman–Crippen MR) is 94.2 cm³/mol. The summed E-state index contributed by atoms with van der Waals surface area (Å²) in [4.78, 5) is 12.0. The lowest BCUT2D eigenvalue weighted by atomic mass is 10.0. The highest BCUT2D eigenvalue weighted by Gasteiger charge is 2.06. The highest BCUT2D eigenvalue weighted by Crippen LogP contribution is 2.19. The lowest BCUT2D eigenvalue weighted by molar-refractivity contribution is 0.0952. The van der Waals surface area contributed by atoms with E-state index in [4.69, 9.17) is 0 Å². The van der Waals surface area contributed by atoms with Crippen molar-refractivity contribution in [1.82, 2.24) is 5.32 Å². The van der Waals surface area contributed by atoms with Gasteiger partial charge in [-0.25, -0.2) is 0 Å². The van der Waals surface area contributed by atoms with Gasteiger partial charge in [-0.3, -0.25) is 8.98 Å². The van der Waals surface area contributed by atoms with Crippen LogP contribution in [0.4, 0.5) is 0 Å². The molecule has 0 unspecified atom stereocenters. The van der Waals surface area contributed by atoms with Crippen LogP contribution in [0.5, 0.6) is 0 Å². The highest BCUT2D eigenvalue weighted by molar-refractivity contribution is 7.85. The van der Waals surface area contributed by atoms with Crippen molar-refractivity contribution in [3.05, 3.63) is 60.2 Å². The van der Waals surface area contributed by atoms with E-state index in [1.54, 1.807) is 12.1 Å². The molecular formula is C18H21NO4S. The standard InChI is InChI=1S/C18H21NO4S/c1-24(21,22)23-14-6-5-13-19-18(20)17-11-9-16(10-12-17)15-7-3-2-4-8-15/h2-4,7-12H,5-6,13-14H2,1H3,(H,19,20). The van der Waals surface area contributed by atoms with Crippen molar-refractivity contribution in [3.63, 3.8) is 0 Å². The Balaban J connectivity index is 1.77. The molecule has 0 aliphatic heterocycles. The first-order valence-corrected chi connectivity index (χ1v) is 9.55. The fourth-order valence-corrected chi connectivity index (χ4v) is 2.61. The van der Waals surface area contributed by atoms with Crippen molar-refractivity contribution in [2.24, 2.45) is 0 Å². The smallest absolute Gasteiger partial charge is 0.264 e. The van der Waals surface area contributed by atoms with Gasteiger partial charge >= 0.3 is 0 Å². The van der Waals surface area contributed by atoms with E-state index in [2.05, 4.69) is 9.50 Å². The second-order valence-electron chi connectivity index (χ2n) is 5.43. The number of unbranched alkanes of at least 4 members (excludes halogenated alkanes) is 1. The van der Waals surface area contributed by atoms with E-state index in [1.807, 2.05) is 42.5 Å². The Morgan fingerprint density at radius 3 is 2.21 bits per heavy atom. The van der Waals surface area contributed by atoms with Gasteiger partial charge in [-0.1, -0.05) is 42.5 Å². The fourth-order valence-electron chi connectivity index (χ4n) is 2.19. The molecule has 6 heteroatoms. The molecule has 0 aliphatic rings. The number of carbonyl (C=O) groups excluding carboxylic acids is 1. The molecule has 2 aromatic rings. The molecule has 0 fully saturated rings. The molecule has 0 bridgehead atoms. The molecular weight excluding hydrogens is 326 g/mol. The summed E-state index contributed by atoms with van der Waals surface area (Å²) >= 11 is 0. The van der Waals surface area contributed by atoms with E-state index in [0.717, 1.165) is 17.4 Å². The topological polar surface area (TPSA) is 72.5 Å². The molecule has 128 valence electrons. The molecule has 0 saturated carbocycles. The zero-order valence-electron chi connectivity index (χ0n) is 13.6. The summed E-state index contributed by atoms with van der Waals surface area (Å²) in [5, 5.41) is 2.81. The minimum Gasteiger partial charge on any atom is -0.352 e. The van der Waals surface area contributed by atoms with Crippen LogP contribution in [0.1, 0.15) is 23.2 Å². The molecule has 2 aromatic carbocycles. The number of nitrogens with one attached hydrogen (secondary N) is 1. The van der Waals surface area contributed by atoms with E-state index >= 15 is 0 Å². The van der Waals surface area contributed by atoms with Gasteiger partial charge in [-0.05, 0) is 36.1 Å². The van der Waals surface area contributed by atoms with Crippen LogP contribution in [0.3, 0.4) is 0 Å². The number of hydrogen-bond acceptors (Lipinski definition) is 4. The Kier molecular flexibility index (Phi) is 6.52. The van der Waals surface area contributed by atoms with Gasteiger partial charge in [0, 0.05) is 12.1 Å². The monoisotopic (exact) mass is 347 g/mol. The first-order valence-electron chi connectivity index (χ1n) is 7.74. The Hall–Kier alpha value is -2.18. The summed E-state index contributed by atoms with van der Waals surface area (Å²) < 4.78 is 26.2. The molecule has 24 heavy (non-hydrogen) atoms. The summed E-state index contributed by atoms with van der Waals surface area (Å²) in [5.74, 6) is -0.140. The van der Waals surface area contributed by atoms with Gasteiger partial charge < -0.3 is 5.32 Å². The third kappa shape index (κ3) is 6.14. The first kappa shape index (κ1) is 18.2. The van der Waals surface area contributed by atoms with Gasteiger partial charge in [0.15, 0.2) is 0 Å². The van der Waals surface area contributed by atoms with Crippen LogP contribution in [0.2, 0.25) is 0 Å². The van der Waals surface area contributed by atoms with Gasteiger partial charge in [0.05, 0.1) is 12.9 Å². The molecule has 1 amide bonds. The van der Waals surface area contributed by atoms with Crippen LogP contribution < -0.4 is 5.32 Å². The average Bonchev–Trinajstić information content (AvgIpc) is 2.58. The number of rotatable bonds is 8. The zero-order chi connectivity index (χ0) is 17.4. The molecule has 2 rings (SSSR count). The SMILES string of the molecule is CS(=O)(=O)OCCCCNC(=O)c1ccc(-c2ccccc2)cc1. The summed E-state index contributed by atoms with van der Waals surface area (Å²) in [6.45, 7) is 0.618. The molecule has 0 aliphatic carbocycles. The van der Waals surface area contributed by atoms with E-state index in [9.17, 15) is 13.2 Å². The third-order valence-electron chi connectivity index (χ3n) is 3.41. The van der Waals surface area contributed by atoms with Crippen molar-refractivity contribution in [3.8, 4) is 11.1 Å². The normalized spacial score (nSPS) is 11.2. The average molecular weight is 347 g/mol. The maximum atomic E-state index is 12.0. The molecule has 0 heterocycles. The lowest BCUT2D eigenvalue weighted by Gasteiger charge is -2.07. The quantitative estimate of drug-likeness (QED) is 0.589. The van der Waals surface area contributed by atoms with Crippen molar-refractivity contribution >= 4 is 16.0 Å². The van der Waals surface area contributed by atoms with E-state index in [1.165, 1.54) is 0 Å². The molecule has 0 radical (unpaired) electrons. The molecule has 5 nitrogen and oxygen atoms in total. The van der Waals surface area contributed by atoms with Crippen LogP contribution in [0.15, 0.2) is 54.6 Å². The second kappa shape index (κ2) is 8.61. The third-order valence-corrected chi connectivity index (χ3v) is 4.00. The molecule has 1 N–H and O–H groups in total. The van der Waals surface area contributed by atoms with Crippen LogP contribution in [-0.4, -0.2) is 33.7 Å². The fraction of sp³-hybridized carbons (Fsp3) is 0.278. The van der Waals surface area contributed by atoms with Crippen LogP contribution >= 0.6 is 0 Å². The molecule has 0 aromatic heterocycles. The second-order valence-corrected chi connectivity index (χ2v) is 7.08. The Bertz CT molecular complexity index is 755. The minimum absolute atomic E-state index is 0.139. The van der Waals surface area contributed by atoms with E-state index in [-0.39, 0.29) is 12.5 Å². The van der Waals surface area contributed by atoms with Crippen molar-refractivity contribution in [2.75, 3.05) is 19.4 Å². The number of amides is 1. The van der Waals surface area contributed by atoms with Gasteiger partial charge in [-0.15, -0.1) is 0 Å². The van der Waals surface area contributed by atoms with Crippen molar-refractivity contribution in [2.45, 2.75) is 12.8 Å². The predicted octanol–water partition coefficient (Wildman–Crippen LogP) is 2.84.